The van der Waals surface area contributed by atoms with Crippen LogP contribution in [0.1, 0.15) is 48.9 Å². The van der Waals surface area contributed by atoms with Crippen molar-refractivity contribution in [2.75, 3.05) is 0 Å². The van der Waals surface area contributed by atoms with E-state index < -0.39 is 11.4 Å². The predicted octanol–water partition coefficient (Wildman–Crippen LogP) is 2.93. The fourth-order valence-electron chi connectivity index (χ4n) is 2.68. The molecule has 0 aromatic heterocycles. The molecule has 5 heteroatoms. The first-order valence-corrected chi connectivity index (χ1v) is 7.32. The number of rotatable bonds is 3. The predicted molar refractivity (Wildman–Crippen MR) is 81.1 cm³/mol. The molecule has 1 amide bonds. The molecule has 1 saturated carbocycles. The molecule has 1 fully saturated rings. The maximum Gasteiger partial charge on any atom is 0.252 e. The Morgan fingerprint density at radius 2 is 1.90 bits per heavy atom. The van der Waals surface area contributed by atoms with Crippen molar-refractivity contribution in [2.45, 2.75) is 44.1 Å². The summed E-state index contributed by atoms with van der Waals surface area (Å²) in [6.07, 6.45) is 5.73. The molecule has 1 aromatic rings. The van der Waals surface area contributed by atoms with Gasteiger partial charge in [-0.3, -0.25) is 4.79 Å². The van der Waals surface area contributed by atoms with Gasteiger partial charge in [0.1, 0.15) is 5.82 Å². The number of thiocarbonyl (C=S) groups is 1. The van der Waals surface area contributed by atoms with Crippen molar-refractivity contribution in [3.05, 3.63) is 35.6 Å². The molecule has 108 valence electrons. The van der Waals surface area contributed by atoms with Crippen LogP contribution in [-0.2, 0) is 0 Å². The Labute approximate surface area is 123 Å². The minimum atomic E-state index is -0.630. The molecule has 1 aromatic carbocycles. The fraction of sp³-hybridized carbons (Fsp3) is 0.467. The summed E-state index contributed by atoms with van der Waals surface area (Å²) in [5, 5.41) is 2.94. The number of hydrogen-bond acceptors (Lipinski definition) is 2. The van der Waals surface area contributed by atoms with Gasteiger partial charge in [0.2, 0.25) is 0 Å². The first-order valence-electron chi connectivity index (χ1n) is 6.91. The Morgan fingerprint density at radius 1 is 1.25 bits per heavy atom. The van der Waals surface area contributed by atoms with E-state index in [0.29, 0.717) is 10.6 Å². The largest absolute Gasteiger partial charge is 0.391 e. The second-order valence-corrected chi connectivity index (χ2v) is 5.76. The van der Waals surface area contributed by atoms with Crippen molar-refractivity contribution in [2.24, 2.45) is 5.73 Å². The normalized spacial score (nSPS) is 18.1. The molecular formula is C15H19FN2OS. The summed E-state index contributed by atoms with van der Waals surface area (Å²) in [6.45, 7) is 0. The van der Waals surface area contributed by atoms with Gasteiger partial charge < -0.3 is 11.1 Å². The minimum absolute atomic E-state index is 0.296. The lowest BCUT2D eigenvalue weighted by Crippen LogP contribution is -2.56. The van der Waals surface area contributed by atoms with Gasteiger partial charge in [0, 0.05) is 5.56 Å². The van der Waals surface area contributed by atoms with Gasteiger partial charge in [-0.1, -0.05) is 44.0 Å². The molecule has 0 atom stereocenters. The average molecular weight is 294 g/mol. The number of hydrogen-bond donors (Lipinski definition) is 2. The highest BCUT2D eigenvalue weighted by Gasteiger charge is 2.35. The number of carbonyl (C=O) groups excluding carboxylic acids is 1. The van der Waals surface area contributed by atoms with Gasteiger partial charge in [0.15, 0.2) is 0 Å². The van der Waals surface area contributed by atoms with E-state index in [-0.39, 0.29) is 5.91 Å². The van der Waals surface area contributed by atoms with Crippen molar-refractivity contribution < 1.29 is 9.18 Å². The third-order valence-corrected chi connectivity index (χ3v) is 4.26. The number of amides is 1. The summed E-state index contributed by atoms with van der Waals surface area (Å²) in [7, 11) is 0. The first kappa shape index (κ1) is 14.9. The second kappa shape index (κ2) is 6.31. The molecule has 3 N–H and O–H groups in total. The van der Waals surface area contributed by atoms with Gasteiger partial charge in [-0.05, 0) is 31.0 Å². The zero-order valence-corrected chi connectivity index (χ0v) is 12.1. The van der Waals surface area contributed by atoms with E-state index in [0.717, 1.165) is 38.5 Å². The maximum absolute atomic E-state index is 13.2. The van der Waals surface area contributed by atoms with Crippen LogP contribution < -0.4 is 11.1 Å². The molecule has 0 bridgehead atoms. The van der Waals surface area contributed by atoms with E-state index in [4.69, 9.17) is 18.0 Å². The number of nitrogens with two attached hydrogens (primary N) is 1. The number of carbonyl (C=O) groups is 1. The van der Waals surface area contributed by atoms with Crippen molar-refractivity contribution in [1.82, 2.24) is 5.32 Å². The zero-order valence-electron chi connectivity index (χ0n) is 11.3. The molecule has 2 rings (SSSR count). The van der Waals surface area contributed by atoms with Gasteiger partial charge in [-0.2, -0.15) is 0 Å². The minimum Gasteiger partial charge on any atom is -0.391 e. The van der Waals surface area contributed by atoms with Gasteiger partial charge in [0.05, 0.1) is 10.5 Å². The molecular weight excluding hydrogens is 275 g/mol. The van der Waals surface area contributed by atoms with Gasteiger partial charge in [-0.25, -0.2) is 4.39 Å². The molecule has 1 aliphatic carbocycles. The van der Waals surface area contributed by atoms with Crippen LogP contribution in [-0.4, -0.2) is 16.4 Å². The SMILES string of the molecule is NC(=S)C1(NC(=O)c2cccc(F)c2)CCCCCC1. The average Bonchev–Trinajstić information content (AvgIpc) is 2.65. The highest BCUT2D eigenvalue weighted by molar-refractivity contribution is 7.80. The van der Waals surface area contributed by atoms with E-state index >= 15 is 0 Å². The van der Waals surface area contributed by atoms with Crippen LogP contribution >= 0.6 is 12.2 Å². The molecule has 1 aliphatic rings. The molecule has 0 heterocycles. The van der Waals surface area contributed by atoms with Crippen molar-refractivity contribution >= 4 is 23.1 Å². The lowest BCUT2D eigenvalue weighted by atomic mass is 9.89. The van der Waals surface area contributed by atoms with E-state index in [2.05, 4.69) is 5.32 Å². The van der Waals surface area contributed by atoms with Crippen LogP contribution in [0, 0.1) is 5.82 Å². The van der Waals surface area contributed by atoms with Crippen LogP contribution in [0.3, 0.4) is 0 Å². The standard InChI is InChI=1S/C15H19FN2OS/c16-12-7-5-6-11(10-12)13(19)18-15(14(17)20)8-3-1-2-4-9-15/h5-7,10H,1-4,8-9H2,(H2,17,20)(H,18,19). The number of benzene rings is 1. The monoisotopic (exact) mass is 294 g/mol. The highest BCUT2D eigenvalue weighted by Crippen LogP contribution is 2.28. The van der Waals surface area contributed by atoms with E-state index in [1.807, 2.05) is 0 Å². The summed E-state index contributed by atoms with van der Waals surface area (Å²) in [6, 6.07) is 5.64. The van der Waals surface area contributed by atoms with Crippen LogP contribution in [0.2, 0.25) is 0 Å². The van der Waals surface area contributed by atoms with Crippen molar-refractivity contribution in [3.8, 4) is 0 Å². The van der Waals surface area contributed by atoms with Crippen LogP contribution in [0.25, 0.3) is 0 Å². The lowest BCUT2D eigenvalue weighted by molar-refractivity contribution is 0.0917. The number of halogens is 1. The van der Waals surface area contributed by atoms with Gasteiger partial charge in [0.25, 0.3) is 5.91 Å². The summed E-state index contributed by atoms with van der Waals surface area (Å²) in [5.74, 6) is -0.748. The molecule has 0 radical (unpaired) electrons. The van der Waals surface area contributed by atoms with E-state index in [1.54, 1.807) is 6.07 Å². The van der Waals surface area contributed by atoms with Gasteiger partial charge in [-0.15, -0.1) is 0 Å². The summed E-state index contributed by atoms with van der Waals surface area (Å²) < 4.78 is 13.2. The Balaban J connectivity index is 2.19. The molecule has 0 saturated heterocycles. The molecule has 0 aliphatic heterocycles. The highest BCUT2D eigenvalue weighted by atomic mass is 32.1. The van der Waals surface area contributed by atoms with Crippen LogP contribution in [0.15, 0.2) is 24.3 Å². The first-order chi connectivity index (χ1) is 9.53. The fourth-order valence-corrected chi connectivity index (χ4v) is 2.94. The lowest BCUT2D eigenvalue weighted by Gasteiger charge is -2.33. The zero-order chi connectivity index (χ0) is 14.6. The van der Waals surface area contributed by atoms with E-state index in [1.165, 1.54) is 18.2 Å². The second-order valence-electron chi connectivity index (χ2n) is 5.33. The Kier molecular flexibility index (Phi) is 4.70. The molecule has 0 unspecified atom stereocenters. The topological polar surface area (TPSA) is 55.1 Å². The molecule has 20 heavy (non-hydrogen) atoms. The quantitative estimate of drug-likeness (QED) is 0.665. The van der Waals surface area contributed by atoms with Crippen molar-refractivity contribution in [1.29, 1.82) is 0 Å². The Morgan fingerprint density at radius 3 is 2.45 bits per heavy atom. The maximum atomic E-state index is 13.2. The number of nitrogens with one attached hydrogen (secondary N) is 1. The summed E-state index contributed by atoms with van der Waals surface area (Å²) >= 11 is 5.17. The summed E-state index contributed by atoms with van der Waals surface area (Å²) in [4.78, 5) is 12.6. The molecule has 0 spiro atoms. The molecule has 3 nitrogen and oxygen atoms in total. The van der Waals surface area contributed by atoms with Crippen molar-refractivity contribution in [3.63, 3.8) is 0 Å². The Hall–Kier alpha value is -1.49. The third kappa shape index (κ3) is 3.33. The smallest absolute Gasteiger partial charge is 0.252 e. The van der Waals surface area contributed by atoms with Crippen LogP contribution in [0.5, 0.6) is 0 Å². The van der Waals surface area contributed by atoms with E-state index in [9.17, 15) is 9.18 Å². The van der Waals surface area contributed by atoms with Crippen LogP contribution in [0.4, 0.5) is 4.39 Å². The Bertz CT molecular complexity index is 510. The third-order valence-electron chi connectivity index (χ3n) is 3.87. The van der Waals surface area contributed by atoms with Gasteiger partial charge >= 0.3 is 0 Å². The summed E-state index contributed by atoms with van der Waals surface area (Å²) in [5.41, 5.74) is 5.54.